The summed E-state index contributed by atoms with van der Waals surface area (Å²) in [6.07, 6.45) is 0. The fraction of sp³-hybridized carbons (Fsp3) is 0.222. The number of methoxy groups -OCH3 is 1. The molecule has 0 heterocycles. The molecule has 0 saturated heterocycles. The minimum Gasteiger partial charge on any atom is -0.494 e. The van der Waals surface area contributed by atoms with Gasteiger partial charge >= 0.3 is 0 Å². The summed E-state index contributed by atoms with van der Waals surface area (Å²) < 4.78 is 17.6. The molecule has 70 valence electrons. The Morgan fingerprint density at radius 3 is 2.77 bits per heavy atom. The van der Waals surface area contributed by atoms with Crippen molar-refractivity contribution in [2.75, 3.05) is 7.11 Å². The van der Waals surface area contributed by atoms with Crippen molar-refractivity contribution in [2.24, 2.45) is 10.7 Å². The molecule has 0 fully saturated rings. The number of halogens is 1. The SMILES string of the molecule is COc1cc(F)ccc1N=C(C)N. The van der Waals surface area contributed by atoms with Crippen LogP contribution in [0.15, 0.2) is 23.2 Å². The monoisotopic (exact) mass is 182 g/mol. The van der Waals surface area contributed by atoms with E-state index in [0.717, 1.165) is 0 Å². The third kappa shape index (κ3) is 2.43. The van der Waals surface area contributed by atoms with Gasteiger partial charge in [-0.1, -0.05) is 0 Å². The van der Waals surface area contributed by atoms with Crippen LogP contribution in [0.3, 0.4) is 0 Å². The van der Waals surface area contributed by atoms with E-state index in [9.17, 15) is 4.39 Å². The van der Waals surface area contributed by atoms with Crippen molar-refractivity contribution < 1.29 is 9.13 Å². The van der Waals surface area contributed by atoms with Gasteiger partial charge in [0.05, 0.1) is 12.9 Å². The van der Waals surface area contributed by atoms with Crippen LogP contribution in [0, 0.1) is 5.82 Å². The summed E-state index contributed by atoms with van der Waals surface area (Å²) in [4.78, 5) is 3.97. The molecule has 0 bridgehead atoms. The van der Waals surface area contributed by atoms with Crippen LogP contribution in [0.2, 0.25) is 0 Å². The molecule has 0 aliphatic carbocycles. The largest absolute Gasteiger partial charge is 0.494 e. The quantitative estimate of drug-likeness (QED) is 0.560. The molecule has 0 spiro atoms. The summed E-state index contributed by atoms with van der Waals surface area (Å²) >= 11 is 0. The van der Waals surface area contributed by atoms with E-state index in [-0.39, 0.29) is 5.82 Å². The molecule has 0 aliphatic rings. The second kappa shape index (κ2) is 3.89. The maximum atomic E-state index is 12.7. The highest BCUT2D eigenvalue weighted by Crippen LogP contribution is 2.27. The Morgan fingerprint density at radius 1 is 1.54 bits per heavy atom. The van der Waals surface area contributed by atoms with Gasteiger partial charge < -0.3 is 10.5 Å². The maximum Gasteiger partial charge on any atom is 0.147 e. The normalized spacial score (nSPS) is 11.5. The third-order valence-electron chi connectivity index (χ3n) is 1.44. The van der Waals surface area contributed by atoms with Crippen LogP contribution in [0.5, 0.6) is 5.75 Å². The Hall–Kier alpha value is -1.58. The van der Waals surface area contributed by atoms with Gasteiger partial charge in [-0.15, -0.1) is 0 Å². The van der Waals surface area contributed by atoms with Gasteiger partial charge in [0.25, 0.3) is 0 Å². The summed E-state index contributed by atoms with van der Waals surface area (Å²) in [6.45, 7) is 1.66. The number of amidine groups is 1. The number of benzene rings is 1. The van der Waals surface area contributed by atoms with E-state index in [1.165, 1.54) is 25.3 Å². The molecule has 3 nitrogen and oxygen atoms in total. The van der Waals surface area contributed by atoms with E-state index in [4.69, 9.17) is 10.5 Å². The van der Waals surface area contributed by atoms with Gasteiger partial charge in [0, 0.05) is 6.07 Å². The predicted molar refractivity (Wildman–Crippen MR) is 49.9 cm³/mol. The Bertz CT molecular complexity index is 332. The van der Waals surface area contributed by atoms with Crippen LogP contribution in [-0.2, 0) is 0 Å². The zero-order chi connectivity index (χ0) is 9.84. The average molecular weight is 182 g/mol. The number of hydrogen-bond donors (Lipinski definition) is 1. The van der Waals surface area contributed by atoms with Crippen molar-refractivity contribution >= 4 is 11.5 Å². The fourth-order valence-corrected chi connectivity index (χ4v) is 0.934. The van der Waals surface area contributed by atoms with Gasteiger partial charge in [0.15, 0.2) is 0 Å². The highest BCUT2D eigenvalue weighted by Gasteiger charge is 2.02. The van der Waals surface area contributed by atoms with Crippen molar-refractivity contribution in [3.8, 4) is 5.75 Å². The van der Waals surface area contributed by atoms with E-state index >= 15 is 0 Å². The highest BCUT2D eigenvalue weighted by atomic mass is 19.1. The van der Waals surface area contributed by atoms with E-state index in [2.05, 4.69) is 4.99 Å². The summed E-state index contributed by atoms with van der Waals surface area (Å²) in [5.41, 5.74) is 5.92. The summed E-state index contributed by atoms with van der Waals surface area (Å²) in [7, 11) is 1.46. The number of hydrogen-bond acceptors (Lipinski definition) is 2. The number of nitrogens with two attached hydrogens (primary N) is 1. The van der Waals surface area contributed by atoms with Gasteiger partial charge in [0.1, 0.15) is 17.3 Å². The van der Waals surface area contributed by atoms with E-state index in [0.29, 0.717) is 17.3 Å². The molecule has 2 N–H and O–H groups in total. The lowest BCUT2D eigenvalue weighted by Crippen LogP contribution is -2.04. The van der Waals surface area contributed by atoms with Crippen molar-refractivity contribution in [2.45, 2.75) is 6.92 Å². The number of ether oxygens (including phenoxy) is 1. The number of rotatable bonds is 2. The first-order valence-electron chi connectivity index (χ1n) is 3.78. The Kier molecular flexibility index (Phi) is 2.84. The topological polar surface area (TPSA) is 47.6 Å². The molecule has 0 saturated carbocycles. The van der Waals surface area contributed by atoms with E-state index in [1.54, 1.807) is 6.92 Å². The molecule has 0 amide bonds. The minimum atomic E-state index is -0.356. The Morgan fingerprint density at radius 2 is 2.23 bits per heavy atom. The predicted octanol–water partition coefficient (Wildman–Crippen LogP) is 1.84. The van der Waals surface area contributed by atoms with Gasteiger partial charge in [-0.05, 0) is 19.1 Å². The molecule has 0 atom stereocenters. The Labute approximate surface area is 76.0 Å². The molecule has 0 unspecified atom stereocenters. The number of aliphatic imine (C=N–C) groups is 1. The summed E-state index contributed by atoms with van der Waals surface area (Å²) in [5, 5.41) is 0. The standard InChI is InChI=1S/C9H11FN2O/c1-6(11)12-8-4-3-7(10)5-9(8)13-2/h3-5H,1-2H3,(H2,11,12). The molecular weight excluding hydrogens is 171 g/mol. The zero-order valence-corrected chi connectivity index (χ0v) is 7.54. The first kappa shape index (κ1) is 9.51. The van der Waals surface area contributed by atoms with E-state index < -0.39 is 0 Å². The van der Waals surface area contributed by atoms with Crippen LogP contribution in [-0.4, -0.2) is 12.9 Å². The van der Waals surface area contributed by atoms with Crippen molar-refractivity contribution in [3.05, 3.63) is 24.0 Å². The lowest BCUT2D eigenvalue weighted by Gasteiger charge is -2.03. The Balaban J connectivity index is 3.14. The van der Waals surface area contributed by atoms with Crippen molar-refractivity contribution in [1.29, 1.82) is 0 Å². The van der Waals surface area contributed by atoms with Crippen molar-refractivity contribution in [3.63, 3.8) is 0 Å². The first-order valence-corrected chi connectivity index (χ1v) is 3.78. The van der Waals surface area contributed by atoms with Crippen LogP contribution >= 0.6 is 0 Å². The second-order valence-corrected chi connectivity index (χ2v) is 2.57. The highest BCUT2D eigenvalue weighted by molar-refractivity contribution is 5.81. The molecule has 0 aromatic heterocycles. The van der Waals surface area contributed by atoms with Crippen LogP contribution < -0.4 is 10.5 Å². The molecule has 0 aliphatic heterocycles. The summed E-state index contributed by atoms with van der Waals surface area (Å²) in [5.74, 6) is 0.431. The first-order chi connectivity index (χ1) is 6.13. The number of nitrogens with zero attached hydrogens (tertiary/aromatic N) is 1. The minimum absolute atomic E-state index is 0.356. The van der Waals surface area contributed by atoms with E-state index in [1.807, 2.05) is 0 Å². The smallest absolute Gasteiger partial charge is 0.147 e. The molecule has 1 rings (SSSR count). The fourth-order valence-electron chi connectivity index (χ4n) is 0.934. The zero-order valence-electron chi connectivity index (χ0n) is 7.54. The lowest BCUT2D eigenvalue weighted by atomic mass is 10.3. The van der Waals surface area contributed by atoms with Crippen molar-refractivity contribution in [1.82, 2.24) is 0 Å². The van der Waals surface area contributed by atoms with Crippen LogP contribution in [0.1, 0.15) is 6.92 Å². The van der Waals surface area contributed by atoms with Crippen LogP contribution in [0.25, 0.3) is 0 Å². The second-order valence-electron chi connectivity index (χ2n) is 2.57. The third-order valence-corrected chi connectivity index (χ3v) is 1.44. The summed E-state index contributed by atoms with van der Waals surface area (Å²) in [6, 6.07) is 4.09. The van der Waals surface area contributed by atoms with Gasteiger partial charge in [-0.25, -0.2) is 9.38 Å². The van der Waals surface area contributed by atoms with Gasteiger partial charge in [0.2, 0.25) is 0 Å². The lowest BCUT2D eigenvalue weighted by molar-refractivity contribution is 0.412. The van der Waals surface area contributed by atoms with Crippen LogP contribution in [0.4, 0.5) is 10.1 Å². The molecule has 13 heavy (non-hydrogen) atoms. The molecule has 0 radical (unpaired) electrons. The molecular formula is C9H11FN2O. The molecule has 1 aromatic rings. The molecule has 1 aromatic carbocycles. The maximum absolute atomic E-state index is 12.7. The molecule has 4 heteroatoms. The van der Waals surface area contributed by atoms with Gasteiger partial charge in [-0.2, -0.15) is 0 Å². The van der Waals surface area contributed by atoms with Gasteiger partial charge in [-0.3, -0.25) is 0 Å². The average Bonchev–Trinajstić information content (AvgIpc) is 2.07.